The van der Waals surface area contributed by atoms with Crippen molar-refractivity contribution in [3.63, 3.8) is 0 Å². The Morgan fingerprint density at radius 2 is 0.812 bits per heavy atom. The van der Waals surface area contributed by atoms with E-state index in [0.29, 0.717) is 0 Å². The van der Waals surface area contributed by atoms with Crippen LogP contribution >= 0.6 is 0 Å². The maximum atomic E-state index is 5.61. The molecule has 0 aliphatic carbocycles. The summed E-state index contributed by atoms with van der Waals surface area (Å²) in [5.74, 6) is 0. The number of hydrogen-bond acceptors (Lipinski definition) is 1. The third kappa shape index (κ3) is 12.3. The van der Waals surface area contributed by atoms with Crippen LogP contribution in [-0.4, -0.2) is 50.5 Å². The molecule has 0 aliphatic rings. The van der Waals surface area contributed by atoms with Crippen molar-refractivity contribution in [1.82, 2.24) is 0 Å². The zero-order valence-electron chi connectivity index (χ0n) is 23.6. The van der Waals surface area contributed by atoms with Crippen LogP contribution < -0.4 is 0 Å². The van der Waals surface area contributed by atoms with Crippen LogP contribution in [0.15, 0.2) is 7.68 Å². The van der Waals surface area contributed by atoms with Gasteiger partial charge in [0, 0.05) is 0 Å². The third-order valence-electron chi connectivity index (χ3n) is 7.87. The fraction of sp³-hybridized carbons (Fsp3) is 0.931. The summed E-state index contributed by atoms with van der Waals surface area (Å²) in [6, 6.07) is 0. The van der Waals surface area contributed by atoms with E-state index in [9.17, 15) is 0 Å². The molecule has 0 N–H and O–H groups in total. The molecule has 0 aliphatic heterocycles. The van der Waals surface area contributed by atoms with Crippen LogP contribution in [0.3, 0.4) is 0 Å². The Balaban J connectivity index is 6.69. The predicted molar refractivity (Wildman–Crippen MR) is 154 cm³/mol. The Kier molecular flexibility index (Phi) is 22.4. The van der Waals surface area contributed by atoms with Gasteiger partial charge < -0.3 is 0 Å². The molecule has 0 fully saturated rings. The number of methoxy groups -OCH3 is 1. The summed E-state index contributed by atoms with van der Waals surface area (Å²) in [4.78, 5) is 0. The number of unbranched alkanes of at least 4 members (excludes halogenated alkanes) is 6. The third-order valence-corrected chi connectivity index (χ3v) is 58.3. The molecule has 0 aromatic heterocycles. The molecule has 0 heterocycles. The number of rotatable bonds is 23. The van der Waals surface area contributed by atoms with Gasteiger partial charge in [0.2, 0.25) is 0 Å². The summed E-state index contributed by atoms with van der Waals surface area (Å²) in [5, 5.41) is 0. The summed E-state index contributed by atoms with van der Waals surface area (Å²) >= 11 is -4.82. The second-order valence-electron chi connectivity index (χ2n) is 10.6. The first-order valence-corrected chi connectivity index (χ1v) is 29.7. The summed E-state index contributed by atoms with van der Waals surface area (Å²) in [5.41, 5.74) is 0. The van der Waals surface area contributed by atoms with Crippen molar-refractivity contribution in [3.05, 3.63) is 7.68 Å². The molecule has 192 valence electrons. The number of hydrogen-bond donors (Lipinski definition) is 0. The molecule has 0 rings (SSSR count). The summed E-state index contributed by atoms with van der Waals surface area (Å²) < 4.78 is 17.9. The van der Waals surface area contributed by atoms with Crippen LogP contribution in [0.5, 0.6) is 0 Å². The monoisotopic (exact) mass is 666 g/mol. The molecule has 3 heteroatoms. The van der Waals surface area contributed by atoms with Crippen LogP contribution in [0.2, 0.25) is 26.6 Å². The van der Waals surface area contributed by atoms with Gasteiger partial charge in [0.05, 0.1) is 0 Å². The van der Waals surface area contributed by atoms with Crippen molar-refractivity contribution < 1.29 is 4.74 Å². The van der Waals surface area contributed by atoms with E-state index in [1.165, 1.54) is 83.5 Å². The molecule has 0 radical (unpaired) electrons. The van der Waals surface area contributed by atoms with Crippen molar-refractivity contribution in [2.45, 2.75) is 152 Å². The van der Waals surface area contributed by atoms with Gasteiger partial charge in [-0.3, -0.25) is 0 Å². The molecule has 0 saturated heterocycles. The molecule has 0 atom stereocenters. The molecule has 0 unspecified atom stereocenters. The van der Waals surface area contributed by atoms with Crippen molar-refractivity contribution in [2.75, 3.05) is 13.7 Å². The predicted octanol–water partition coefficient (Wildman–Crippen LogP) is 10.7. The van der Waals surface area contributed by atoms with Gasteiger partial charge in [-0.15, -0.1) is 0 Å². The Hall–Kier alpha value is 1.30. The van der Waals surface area contributed by atoms with Crippen LogP contribution in [0.25, 0.3) is 0 Å². The van der Waals surface area contributed by atoms with Crippen molar-refractivity contribution in [1.29, 1.82) is 0 Å². The van der Waals surface area contributed by atoms with Crippen molar-refractivity contribution in [3.8, 4) is 0 Å². The maximum absolute atomic E-state index is 5.61. The van der Waals surface area contributed by atoms with Crippen LogP contribution in [0.1, 0.15) is 125 Å². The quantitative estimate of drug-likeness (QED) is 0.0781. The second kappa shape index (κ2) is 21.6. The molecule has 0 amide bonds. The Morgan fingerprint density at radius 1 is 0.531 bits per heavy atom. The average Bonchev–Trinajstić information content (AvgIpc) is 2.82. The fourth-order valence-corrected chi connectivity index (χ4v) is 74.9. The van der Waals surface area contributed by atoms with E-state index in [4.69, 9.17) is 4.74 Å². The molecule has 0 aromatic carbocycles. The fourth-order valence-electron chi connectivity index (χ4n) is 5.97. The van der Waals surface area contributed by atoms with Crippen molar-refractivity contribution in [2.24, 2.45) is 0 Å². The normalized spacial score (nSPS) is 12.3. The van der Waals surface area contributed by atoms with Gasteiger partial charge in [-0.25, -0.2) is 0 Å². The van der Waals surface area contributed by atoms with Gasteiger partial charge in [0.15, 0.2) is 0 Å². The van der Waals surface area contributed by atoms with E-state index in [0.717, 1.165) is 6.61 Å². The number of ether oxygens (including phenoxy) is 1. The van der Waals surface area contributed by atoms with E-state index >= 15 is 0 Å². The summed E-state index contributed by atoms with van der Waals surface area (Å²) in [6.45, 7) is 15.5. The standard InChI is InChI=1S/C5H8O.6C4H9.2Sn/c1-3-4-5-6-2;6*1-3-4-2;;/h3H,4-5H2,2H3;6*1,3-4H2,2H3;;. The van der Waals surface area contributed by atoms with E-state index in [1.54, 1.807) is 26.6 Å². The topological polar surface area (TPSA) is 9.23 Å². The first kappa shape index (κ1) is 33.3. The van der Waals surface area contributed by atoms with Gasteiger partial charge >= 0.3 is 215 Å². The van der Waals surface area contributed by atoms with Gasteiger partial charge in [-0.2, -0.15) is 0 Å². The first-order valence-electron chi connectivity index (χ1n) is 14.8. The van der Waals surface area contributed by atoms with Crippen LogP contribution in [-0.2, 0) is 4.74 Å². The molecule has 1 nitrogen and oxygen atoms in total. The van der Waals surface area contributed by atoms with Crippen molar-refractivity contribution >= 4 is 36.8 Å². The van der Waals surface area contributed by atoms with E-state index in [1.807, 2.05) is 7.11 Å². The van der Waals surface area contributed by atoms with E-state index < -0.39 is 36.8 Å². The minimum atomic E-state index is -2.41. The molecule has 0 bridgehead atoms. The first-order chi connectivity index (χ1) is 15.6. The molecule has 0 saturated carbocycles. The SMILES string of the molecule is CCC[CH2][Sn]([CH2]CCC)([CH2]CCC)[C](=CCCOC)[Sn]([CH2]CCC)([CH2]CCC)[CH2]CCC. The van der Waals surface area contributed by atoms with Crippen LogP contribution in [0, 0.1) is 0 Å². The molecular formula is C29H62OSn2. The summed E-state index contributed by atoms with van der Waals surface area (Å²) in [7, 11) is 1.90. The zero-order valence-corrected chi connectivity index (χ0v) is 29.3. The van der Waals surface area contributed by atoms with Gasteiger partial charge in [-0.05, 0) is 0 Å². The van der Waals surface area contributed by atoms with Gasteiger partial charge in [0.1, 0.15) is 0 Å². The minimum absolute atomic E-state index is 0.929. The Labute approximate surface area is 213 Å². The second-order valence-corrected chi connectivity index (χ2v) is 40.9. The molecule has 0 spiro atoms. The Morgan fingerprint density at radius 3 is 1.03 bits per heavy atom. The van der Waals surface area contributed by atoms with Crippen LogP contribution in [0.4, 0.5) is 0 Å². The Bertz CT molecular complexity index is 369. The summed E-state index contributed by atoms with van der Waals surface area (Å²) in [6.07, 6.45) is 21.5. The molecule has 32 heavy (non-hydrogen) atoms. The van der Waals surface area contributed by atoms with Gasteiger partial charge in [0.25, 0.3) is 0 Å². The molecule has 0 aromatic rings. The van der Waals surface area contributed by atoms with E-state index in [-0.39, 0.29) is 0 Å². The van der Waals surface area contributed by atoms with E-state index in [2.05, 4.69) is 49.2 Å². The molecular weight excluding hydrogens is 602 g/mol. The van der Waals surface area contributed by atoms with Gasteiger partial charge in [-0.1, -0.05) is 0 Å². The zero-order chi connectivity index (χ0) is 24.1. The average molecular weight is 664 g/mol.